The van der Waals surface area contributed by atoms with Crippen LogP contribution in [0, 0.1) is 10.1 Å². The molecule has 7 nitrogen and oxygen atoms in total. The fraction of sp³-hybridized carbons (Fsp3) is 0.0769. The highest BCUT2D eigenvalue weighted by Crippen LogP contribution is 2.27. The molecule has 0 saturated heterocycles. The number of amides is 1. The van der Waals surface area contributed by atoms with Crippen molar-refractivity contribution < 1.29 is 14.5 Å². The lowest BCUT2D eigenvalue weighted by Crippen LogP contribution is -2.13. The van der Waals surface area contributed by atoms with E-state index in [1.807, 2.05) is 0 Å². The van der Waals surface area contributed by atoms with Gasteiger partial charge in [-0.1, -0.05) is 17.7 Å². The number of hydrogen-bond donors (Lipinski definition) is 1. The lowest BCUT2D eigenvalue weighted by atomic mass is 10.1. The number of nitro benzene ring substituents is 1. The van der Waals surface area contributed by atoms with Crippen molar-refractivity contribution in [3.05, 3.63) is 57.2 Å². The second-order valence-electron chi connectivity index (χ2n) is 3.94. The Morgan fingerprint density at radius 2 is 2.14 bits per heavy atom. The van der Waals surface area contributed by atoms with E-state index in [1.165, 1.54) is 25.3 Å². The standard InChI is InChI=1S/C13H10ClN3O4/c1-21-10-7-8(5-6-9(10)17(19)20)13(18)16-12-4-2-3-11(14)15-12/h2-7H,1H3,(H,15,16,18). The summed E-state index contributed by atoms with van der Waals surface area (Å²) in [6.45, 7) is 0. The second kappa shape index (κ2) is 6.19. The first-order valence-electron chi connectivity index (χ1n) is 5.77. The Bertz CT molecular complexity index is 706. The van der Waals surface area contributed by atoms with Crippen LogP contribution in [-0.4, -0.2) is 22.9 Å². The lowest BCUT2D eigenvalue weighted by molar-refractivity contribution is -0.385. The second-order valence-corrected chi connectivity index (χ2v) is 4.33. The van der Waals surface area contributed by atoms with Gasteiger partial charge in [-0.15, -0.1) is 0 Å². The number of halogens is 1. The Labute approximate surface area is 124 Å². The molecule has 0 fully saturated rings. The number of nitrogens with zero attached hydrogens (tertiary/aromatic N) is 2. The molecule has 1 N–H and O–H groups in total. The Morgan fingerprint density at radius 3 is 2.76 bits per heavy atom. The number of aromatic nitrogens is 1. The molecule has 0 radical (unpaired) electrons. The van der Waals surface area contributed by atoms with Gasteiger partial charge in [0.1, 0.15) is 11.0 Å². The summed E-state index contributed by atoms with van der Waals surface area (Å²) in [5.41, 5.74) is -0.00541. The number of rotatable bonds is 4. The highest BCUT2D eigenvalue weighted by Gasteiger charge is 2.17. The minimum atomic E-state index is -0.584. The maximum atomic E-state index is 12.1. The molecule has 8 heteroatoms. The molecule has 0 spiro atoms. The van der Waals surface area contributed by atoms with Crippen LogP contribution in [0.15, 0.2) is 36.4 Å². The van der Waals surface area contributed by atoms with Gasteiger partial charge in [-0.2, -0.15) is 0 Å². The van der Waals surface area contributed by atoms with Gasteiger partial charge in [0.2, 0.25) is 0 Å². The summed E-state index contributed by atoms with van der Waals surface area (Å²) < 4.78 is 4.91. The topological polar surface area (TPSA) is 94.4 Å². The number of methoxy groups -OCH3 is 1. The van der Waals surface area contributed by atoms with Gasteiger partial charge in [-0.25, -0.2) is 4.98 Å². The van der Waals surface area contributed by atoms with Crippen molar-refractivity contribution in [2.24, 2.45) is 0 Å². The SMILES string of the molecule is COc1cc(C(=O)Nc2cccc(Cl)n2)ccc1[N+](=O)[O-]. The first kappa shape index (κ1) is 14.7. The first-order chi connectivity index (χ1) is 10.0. The van der Waals surface area contributed by atoms with E-state index in [-0.39, 0.29) is 28.0 Å². The van der Waals surface area contributed by atoms with E-state index in [4.69, 9.17) is 16.3 Å². The van der Waals surface area contributed by atoms with Gasteiger partial charge in [0.05, 0.1) is 12.0 Å². The average Bonchev–Trinajstić information content (AvgIpc) is 2.46. The molecule has 0 atom stereocenters. The number of hydrogen-bond acceptors (Lipinski definition) is 5. The third kappa shape index (κ3) is 3.46. The number of benzene rings is 1. The van der Waals surface area contributed by atoms with Crippen molar-refractivity contribution in [2.75, 3.05) is 12.4 Å². The molecule has 0 bridgehead atoms. The van der Waals surface area contributed by atoms with E-state index >= 15 is 0 Å². The molecule has 0 aliphatic carbocycles. The summed E-state index contributed by atoms with van der Waals surface area (Å²) in [6.07, 6.45) is 0. The van der Waals surface area contributed by atoms with Gasteiger partial charge in [-0.3, -0.25) is 14.9 Å². The quantitative estimate of drug-likeness (QED) is 0.532. The predicted molar refractivity (Wildman–Crippen MR) is 76.8 cm³/mol. The molecule has 1 aromatic heterocycles. The van der Waals surface area contributed by atoms with Crippen molar-refractivity contribution in [1.29, 1.82) is 0 Å². The highest BCUT2D eigenvalue weighted by atomic mass is 35.5. The minimum absolute atomic E-state index is 0.00621. The molecule has 0 aliphatic heterocycles. The van der Waals surface area contributed by atoms with Crippen molar-refractivity contribution in [3.63, 3.8) is 0 Å². The molecule has 2 rings (SSSR count). The predicted octanol–water partition coefficient (Wildman–Crippen LogP) is 2.90. The third-order valence-electron chi connectivity index (χ3n) is 2.60. The smallest absolute Gasteiger partial charge is 0.310 e. The zero-order valence-corrected chi connectivity index (χ0v) is 11.6. The number of anilines is 1. The number of carbonyl (C=O) groups is 1. The summed E-state index contributed by atoms with van der Waals surface area (Å²) in [6, 6.07) is 8.62. The van der Waals surface area contributed by atoms with Gasteiger partial charge in [0.15, 0.2) is 5.75 Å². The zero-order chi connectivity index (χ0) is 15.4. The van der Waals surface area contributed by atoms with Crippen LogP contribution in [0.5, 0.6) is 5.75 Å². The molecule has 1 aromatic carbocycles. The van der Waals surface area contributed by atoms with Crippen LogP contribution in [0.3, 0.4) is 0 Å². The number of ether oxygens (including phenoxy) is 1. The maximum absolute atomic E-state index is 12.1. The molecular weight excluding hydrogens is 298 g/mol. The molecule has 0 aliphatic rings. The Kier molecular flexibility index (Phi) is 4.34. The van der Waals surface area contributed by atoms with Crippen LogP contribution in [0.1, 0.15) is 10.4 Å². The first-order valence-corrected chi connectivity index (χ1v) is 6.15. The minimum Gasteiger partial charge on any atom is -0.490 e. The van der Waals surface area contributed by atoms with E-state index in [0.717, 1.165) is 0 Å². The fourth-order valence-corrected chi connectivity index (χ4v) is 1.80. The maximum Gasteiger partial charge on any atom is 0.310 e. The summed E-state index contributed by atoms with van der Waals surface area (Å²) in [7, 11) is 1.29. The third-order valence-corrected chi connectivity index (χ3v) is 2.81. The molecule has 0 saturated carbocycles. The molecule has 1 amide bonds. The van der Waals surface area contributed by atoms with Crippen LogP contribution in [0.4, 0.5) is 11.5 Å². The Hall–Kier alpha value is -2.67. The number of nitro groups is 1. The van der Waals surface area contributed by atoms with Crippen molar-refractivity contribution in [2.45, 2.75) is 0 Å². The van der Waals surface area contributed by atoms with Gasteiger partial charge in [0.25, 0.3) is 5.91 Å². The van der Waals surface area contributed by atoms with Crippen LogP contribution in [0.25, 0.3) is 0 Å². The van der Waals surface area contributed by atoms with E-state index in [1.54, 1.807) is 18.2 Å². The normalized spacial score (nSPS) is 10.0. The highest BCUT2D eigenvalue weighted by molar-refractivity contribution is 6.29. The number of nitrogens with one attached hydrogen (secondary N) is 1. The van der Waals surface area contributed by atoms with E-state index < -0.39 is 10.8 Å². The van der Waals surface area contributed by atoms with Gasteiger partial charge in [0, 0.05) is 17.7 Å². The number of pyridine rings is 1. The van der Waals surface area contributed by atoms with Crippen molar-refractivity contribution in [3.8, 4) is 5.75 Å². The van der Waals surface area contributed by atoms with Crippen LogP contribution < -0.4 is 10.1 Å². The van der Waals surface area contributed by atoms with Gasteiger partial charge >= 0.3 is 5.69 Å². The van der Waals surface area contributed by atoms with Crippen LogP contribution in [0.2, 0.25) is 5.15 Å². The Morgan fingerprint density at radius 1 is 1.38 bits per heavy atom. The summed E-state index contributed by atoms with van der Waals surface area (Å²) >= 11 is 5.72. The number of carbonyl (C=O) groups excluding carboxylic acids is 1. The van der Waals surface area contributed by atoms with E-state index in [9.17, 15) is 14.9 Å². The summed E-state index contributed by atoms with van der Waals surface area (Å²) in [5.74, 6) is -0.186. The van der Waals surface area contributed by atoms with Gasteiger partial charge in [-0.05, 0) is 18.2 Å². The fourth-order valence-electron chi connectivity index (χ4n) is 1.64. The molecule has 2 aromatic rings. The molecule has 1 heterocycles. The van der Waals surface area contributed by atoms with Crippen molar-refractivity contribution in [1.82, 2.24) is 4.98 Å². The van der Waals surface area contributed by atoms with E-state index in [0.29, 0.717) is 0 Å². The Balaban J connectivity index is 2.25. The van der Waals surface area contributed by atoms with Crippen LogP contribution >= 0.6 is 11.6 Å². The summed E-state index contributed by atoms with van der Waals surface area (Å²) in [4.78, 5) is 26.2. The zero-order valence-electron chi connectivity index (χ0n) is 10.9. The van der Waals surface area contributed by atoms with E-state index in [2.05, 4.69) is 10.3 Å². The molecule has 108 valence electrons. The molecule has 0 unspecified atom stereocenters. The average molecular weight is 308 g/mol. The lowest BCUT2D eigenvalue weighted by Gasteiger charge is -2.06. The molecule has 21 heavy (non-hydrogen) atoms. The monoisotopic (exact) mass is 307 g/mol. The van der Waals surface area contributed by atoms with Gasteiger partial charge < -0.3 is 10.1 Å². The molecular formula is C13H10ClN3O4. The largest absolute Gasteiger partial charge is 0.490 e. The summed E-state index contributed by atoms with van der Waals surface area (Å²) in [5, 5.41) is 13.6. The van der Waals surface area contributed by atoms with Crippen molar-refractivity contribution >= 4 is 29.0 Å². The van der Waals surface area contributed by atoms with Crippen LogP contribution in [-0.2, 0) is 0 Å².